The number of hydrogen-bond acceptors (Lipinski definition) is 4. The third kappa shape index (κ3) is 3.62. The third-order valence-corrected chi connectivity index (χ3v) is 3.01. The van der Waals surface area contributed by atoms with Crippen LogP contribution in [-0.2, 0) is 0 Å². The average Bonchev–Trinajstić information content (AvgIpc) is 2.94. The summed E-state index contributed by atoms with van der Waals surface area (Å²) in [6.07, 6.45) is -3.28. The predicted molar refractivity (Wildman–Crippen MR) is 79.8 cm³/mol. The van der Waals surface area contributed by atoms with E-state index in [1.54, 1.807) is 24.3 Å². The quantitative estimate of drug-likeness (QED) is 0.767. The summed E-state index contributed by atoms with van der Waals surface area (Å²) in [7, 11) is 0. The van der Waals surface area contributed by atoms with Gasteiger partial charge in [0, 0.05) is 6.20 Å². The first-order valence-corrected chi connectivity index (χ1v) is 6.83. The SMILES string of the molecule is O=C(Nc1nc2ccccc2[nH]1)c1cccnc1OCC(F)(F)F. The number of nitrogens with zero attached hydrogens (tertiary/aromatic N) is 2. The summed E-state index contributed by atoms with van der Waals surface area (Å²) in [5.74, 6) is -0.908. The molecular weight excluding hydrogens is 325 g/mol. The lowest BCUT2D eigenvalue weighted by atomic mass is 10.2. The highest BCUT2D eigenvalue weighted by Gasteiger charge is 2.29. The van der Waals surface area contributed by atoms with E-state index in [2.05, 4.69) is 25.0 Å². The smallest absolute Gasteiger partial charge is 0.422 e. The van der Waals surface area contributed by atoms with Crippen molar-refractivity contribution in [1.82, 2.24) is 15.0 Å². The van der Waals surface area contributed by atoms with Crippen LogP contribution in [0.5, 0.6) is 5.88 Å². The molecule has 0 unspecified atom stereocenters. The van der Waals surface area contributed by atoms with Crippen LogP contribution in [0.1, 0.15) is 10.4 Å². The topological polar surface area (TPSA) is 79.9 Å². The maximum absolute atomic E-state index is 12.3. The van der Waals surface area contributed by atoms with Crippen LogP contribution in [0.2, 0.25) is 0 Å². The fraction of sp³-hybridized carbons (Fsp3) is 0.133. The van der Waals surface area contributed by atoms with Gasteiger partial charge in [-0.05, 0) is 24.3 Å². The zero-order chi connectivity index (χ0) is 17.2. The van der Waals surface area contributed by atoms with E-state index < -0.39 is 24.6 Å². The Morgan fingerprint density at radius 1 is 1.21 bits per heavy atom. The van der Waals surface area contributed by atoms with Gasteiger partial charge in [-0.2, -0.15) is 13.2 Å². The van der Waals surface area contributed by atoms with Crippen LogP contribution in [0, 0.1) is 0 Å². The standard InChI is InChI=1S/C15H11F3N4O2/c16-15(17,18)8-24-13-9(4-3-7-19-13)12(23)22-14-20-10-5-1-2-6-11(10)21-14/h1-7H,8H2,(H2,20,21,22,23). The molecular formula is C15H11F3N4O2. The summed E-state index contributed by atoms with van der Waals surface area (Å²) in [5, 5.41) is 2.48. The number of H-pyrrole nitrogens is 1. The average molecular weight is 336 g/mol. The number of alkyl halides is 3. The number of nitrogens with one attached hydrogen (secondary N) is 2. The van der Waals surface area contributed by atoms with E-state index in [4.69, 9.17) is 0 Å². The molecule has 1 aromatic carbocycles. The van der Waals surface area contributed by atoms with Gasteiger partial charge in [0.05, 0.1) is 11.0 Å². The Morgan fingerprint density at radius 3 is 2.75 bits per heavy atom. The molecule has 0 atom stereocenters. The van der Waals surface area contributed by atoms with Gasteiger partial charge in [-0.3, -0.25) is 10.1 Å². The van der Waals surface area contributed by atoms with E-state index in [9.17, 15) is 18.0 Å². The second-order valence-electron chi connectivity index (χ2n) is 4.82. The van der Waals surface area contributed by atoms with E-state index in [0.29, 0.717) is 11.0 Å². The molecule has 9 heteroatoms. The Kier molecular flexibility index (Phi) is 4.07. The van der Waals surface area contributed by atoms with Crippen molar-refractivity contribution in [2.24, 2.45) is 0 Å². The number of pyridine rings is 1. The van der Waals surface area contributed by atoms with Gasteiger partial charge in [0.25, 0.3) is 5.91 Å². The molecule has 0 radical (unpaired) electrons. The Balaban J connectivity index is 1.79. The van der Waals surface area contributed by atoms with E-state index in [1.165, 1.54) is 18.3 Å². The predicted octanol–water partition coefficient (Wildman–Crippen LogP) is 3.15. The molecule has 2 heterocycles. The monoisotopic (exact) mass is 336 g/mol. The highest BCUT2D eigenvalue weighted by molar-refractivity contribution is 6.05. The van der Waals surface area contributed by atoms with Crippen LogP contribution in [0.3, 0.4) is 0 Å². The minimum atomic E-state index is -4.52. The van der Waals surface area contributed by atoms with Gasteiger partial charge in [0.1, 0.15) is 5.56 Å². The number of hydrogen-bond donors (Lipinski definition) is 2. The number of rotatable bonds is 4. The number of aromatic nitrogens is 3. The molecule has 3 rings (SSSR count). The van der Waals surface area contributed by atoms with Crippen molar-refractivity contribution in [3.05, 3.63) is 48.2 Å². The highest BCUT2D eigenvalue weighted by Crippen LogP contribution is 2.21. The van der Waals surface area contributed by atoms with E-state index in [0.717, 1.165) is 0 Å². The van der Waals surface area contributed by atoms with Gasteiger partial charge in [0.15, 0.2) is 6.61 Å². The first-order valence-electron chi connectivity index (χ1n) is 6.83. The van der Waals surface area contributed by atoms with E-state index in [-0.39, 0.29) is 11.5 Å². The van der Waals surface area contributed by atoms with Gasteiger partial charge in [0.2, 0.25) is 11.8 Å². The molecule has 2 N–H and O–H groups in total. The third-order valence-electron chi connectivity index (χ3n) is 3.01. The van der Waals surface area contributed by atoms with Crippen molar-refractivity contribution in [2.75, 3.05) is 11.9 Å². The number of imidazole rings is 1. The van der Waals surface area contributed by atoms with Gasteiger partial charge < -0.3 is 9.72 Å². The van der Waals surface area contributed by atoms with Crippen molar-refractivity contribution in [2.45, 2.75) is 6.18 Å². The van der Waals surface area contributed by atoms with Crippen molar-refractivity contribution in [1.29, 1.82) is 0 Å². The molecule has 3 aromatic rings. The molecule has 0 saturated carbocycles. The van der Waals surface area contributed by atoms with Crippen LogP contribution >= 0.6 is 0 Å². The summed E-state index contributed by atoms with van der Waals surface area (Å²) in [6.45, 7) is -1.53. The fourth-order valence-electron chi connectivity index (χ4n) is 2.02. The Bertz CT molecular complexity index is 843. The van der Waals surface area contributed by atoms with Crippen LogP contribution in [-0.4, -0.2) is 33.6 Å². The van der Waals surface area contributed by atoms with Gasteiger partial charge in [-0.25, -0.2) is 9.97 Å². The number of ether oxygens (including phenoxy) is 1. The normalized spacial score (nSPS) is 11.5. The minimum Gasteiger partial charge on any atom is -0.467 e. The van der Waals surface area contributed by atoms with Crippen molar-refractivity contribution in [3.63, 3.8) is 0 Å². The Labute approximate surface area is 133 Å². The lowest BCUT2D eigenvalue weighted by molar-refractivity contribution is -0.154. The Morgan fingerprint density at radius 2 is 2.00 bits per heavy atom. The first kappa shape index (κ1) is 15.8. The molecule has 2 aromatic heterocycles. The molecule has 0 saturated heterocycles. The van der Waals surface area contributed by atoms with Crippen LogP contribution in [0.4, 0.5) is 19.1 Å². The van der Waals surface area contributed by atoms with E-state index >= 15 is 0 Å². The van der Waals surface area contributed by atoms with Crippen LogP contribution in [0.15, 0.2) is 42.6 Å². The number of para-hydroxylation sites is 2. The van der Waals surface area contributed by atoms with Crippen molar-refractivity contribution >= 4 is 22.9 Å². The van der Waals surface area contributed by atoms with Crippen molar-refractivity contribution in [3.8, 4) is 5.88 Å². The fourth-order valence-corrected chi connectivity index (χ4v) is 2.02. The molecule has 1 amide bonds. The molecule has 0 bridgehead atoms. The summed E-state index contributed by atoms with van der Waals surface area (Å²) in [4.78, 5) is 23.0. The number of anilines is 1. The summed E-state index contributed by atoms with van der Waals surface area (Å²) >= 11 is 0. The number of halogens is 3. The first-order chi connectivity index (χ1) is 11.4. The van der Waals surface area contributed by atoms with Gasteiger partial charge in [-0.1, -0.05) is 12.1 Å². The summed E-state index contributed by atoms with van der Waals surface area (Å²) < 4.78 is 41.4. The highest BCUT2D eigenvalue weighted by atomic mass is 19.4. The van der Waals surface area contributed by atoms with Gasteiger partial charge >= 0.3 is 6.18 Å². The maximum atomic E-state index is 12.3. The minimum absolute atomic E-state index is 0.123. The molecule has 0 fully saturated rings. The van der Waals surface area contributed by atoms with Crippen LogP contribution < -0.4 is 10.1 Å². The number of benzene rings is 1. The summed E-state index contributed by atoms with van der Waals surface area (Å²) in [6, 6.07) is 9.86. The van der Waals surface area contributed by atoms with Crippen molar-refractivity contribution < 1.29 is 22.7 Å². The molecule has 0 aliphatic heterocycles. The molecule has 24 heavy (non-hydrogen) atoms. The number of carbonyl (C=O) groups is 1. The largest absolute Gasteiger partial charge is 0.467 e. The number of aromatic amines is 1. The molecule has 6 nitrogen and oxygen atoms in total. The molecule has 124 valence electrons. The lowest BCUT2D eigenvalue weighted by Crippen LogP contribution is -2.22. The molecule has 0 aliphatic rings. The number of fused-ring (bicyclic) bond motifs is 1. The number of carbonyl (C=O) groups excluding carboxylic acids is 1. The van der Waals surface area contributed by atoms with E-state index in [1.807, 2.05) is 0 Å². The lowest BCUT2D eigenvalue weighted by Gasteiger charge is -2.11. The zero-order valence-electron chi connectivity index (χ0n) is 12.1. The molecule has 0 aliphatic carbocycles. The second-order valence-corrected chi connectivity index (χ2v) is 4.82. The summed E-state index contributed by atoms with van der Waals surface area (Å²) in [5.41, 5.74) is 1.24. The second kappa shape index (κ2) is 6.19. The maximum Gasteiger partial charge on any atom is 0.422 e. The number of amides is 1. The zero-order valence-corrected chi connectivity index (χ0v) is 12.1. The Hall–Kier alpha value is -3.10. The molecule has 0 spiro atoms. The van der Waals surface area contributed by atoms with Crippen LogP contribution in [0.25, 0.3) is 11.0 Å². The van der Waals surface area contributed by atoms with Gasteiger partial charge in [-0.15, -0.1) is 0 Å².